The second-order valence-corrected chi connectivity index (χ2v) is 4.50. The van der Waals surface area contributed by atoms with E-state index in [1.807, 2.05) is 0 Å². The van der Waals surface area contributed by atoms with Gasteiger partial charge in [-0.25, -0.2) is 4.39 Å². The minimum Gasteiger partial charge on any atom is -0.405 e. The topological polar surface area (TPSA) is 9.23 Å². The van der Waals surface area contributed by atoms with Crippen LogP contribution in [0.25, 0.3) is 11.1 Å². The fourth-order valence-electron chi connectivity index (χ4n) is 1.77. The molecule has 6 heteroatoms. The summed E-state index contributed by atoms with van der Waals surface area (Å²) in [5.41, 5.74) is 0.473. The zero-order valence-corrected chi connectivity index (χ0v) is 11.1. The van der Waals surface area contributed by atoms with Crippen molar-refractivity contribution in [2.45, 2.75) is 6.36 Å². The molecule has 0 unspecified atom stereocenters. The molecule has 0 radical (unpaired) electrons. The van der Waals surface area contributed by atoms with Crippen LogP contribution < -0.4 is 4.74 Å². The highest BCUT2D eigenvalue weighted by Crippen LogP contribution is 2.36. The highest BCUT2D eigenvalue weighted by Gasteiger charge is 2.32. The fourth-order valence-corrected chi connectivity index (χ4v) is 1.99. The first-order valence-electron chi connectivity index (χ1n) is 5.61. The van der Waals surface area contributed by atoms with Gasteiger partial charge in [-0.15, -0.1) is 19.6 Å². The van der Waals surface area contributed by atoms with Gasteiger partial charge in [-0.1, -0.05) is 17.5 Å². The number of ether oxygens (including phenoxy) is 1. The average molecular weight is 315 g/mol. The third-order valence-corrected chi connectivity index (χ3v) is 2.76. The molecule has 0 aliphatic rings. The first kappa shape index (κ1) is 15.2. The molecule has 0 atom stereocenters. The van der Waals surface area contributed by atoms with E-state index in [1.54, 1.807) is 0 Å². The Labute approximate surface area is 123 Å². The molecule has 0 aliphatic heterocycles. The van der Waals surface area contributed by atoms with Gasteiger partial charge in [-0.2, -0.15) is 0 Å². The molecule has 0 aromatic heterocycles. The van der Waals surface area contributed by atoms with E-state index in [9.17, 15) is 17.6 Å². The maximum absolute atomic E-state index is 13.4. The van der Waals surface area contributed by atoms with Crippen LogP contribution in [0.4, 0.5) is 17.6 Å². The number of hydrogen-bond donors (Lipinski definition) is 0. The van der Waals surface area contributed by atoms with Crippen molar-refractivity contribution in [3.8, 4) is 29.2 Å². The fraction of sp³-hybridized carbons (Fsp3) is 0.0667. The molecule has 0 bridgehead atoms. The van der Waals surface area contributed by atoms with E-state index in [-0.39, 0.29) is 16.1 Å². The maximum Gasteiger partial charge on any atom is 0.573 e. The number of hydrogen-bond acceptors (Lipinski definition) is 1. The number of rotatable bonds is 2. The minimum absolute atomic E-state index is 0.00387. The van der Waals surface area contributed by atoms with E-state index >= 15 is 0 Å². The van der Waals surface area contributed by atoms with Gasteiger partial charge in [-0.3, -0.25) is 0 Å². The van der Waals surface area contributed by atoms with Gasteiger partial charge in [0, 0.05) is 16.1 Å². The Morgan fingerprint density at radius 2 is 1.81 bits per heavy atom. The zero-order chi connectivity index (χ0) is 15.6. The lowest BCUT2D eigenvalue weighted by atomic mass is 10.0. The van der Waals surface area contributed by atoms with Gasteiger partial charge in [0.05, 0.1) is 0 Å². The van der Waals surface area contributed by atoms with Crippen molar-refractivity contribution in [1.29, 1.82) is 0 Å². The van der Waals surface area contributed by atoms with Gasteiger partial charge in [0.1, 0.15) is 11.6 Å². The highest BCUT2D eigenvalue weighted by atomic mass is 35.5. The summed E-state index contributed by atoms with van der Waals surface area (Å²) in [4.78, 5) is 0. The number of benzene rings is 2. The summed E-state index contributed by atoms with van der Waals surface area (Å²) in [5, 5.41) is 0.0501. The third kappa shape index (κ3) is 3.89. The van der Waals surface area contributed by atoms with Crippen LogP contribution in [0.1, 0.15) is 5.56 Å². The summed E-state index contributed by atoms with van der Waals surface area (Å²) < 4.78 is 54.6. The highest BCUT2D eigenvalue weighted by molar-refractivity contribution is 6.30. The van der Waals surface area contributed by atoms with E-state index in [1.165, 1.54) is 18.2 Å². The number of alkyl halides is 3. The lowest BCUT2D eigenvalue weighted by molar-refractivity contribution is -0.274. The predicted molar refractivity (Wildman–Crippen MR) is 71.5 cm³/mol. The second kappa shape index (κ2) is 5.66. The third-order valence-electron chi connectivity index (χ3n) is 2.55. The van der Waals surface area contributed by atoms with Gasteiger partial charge >= 0.3 is 6.36 Å². The van der Waals surface area contributed by atoms with Crippen LogP contribution in [0.3, 0.4) is 0 Å². The van der Waals surface area contributed by atoms with Crippen molar-refractivity contribution in [2.75, 3.05) is 0 Å². The monoisotopic (exact) mass is 314 g/mol. The van der Waals surface area contributed by atoms with E-state index in [0.29, 0.717) is 5.56 Å². The van der Waals surface area contributed by atoms with Crippen molar-refractivity contribution >= 4 is 11.6 Å². The maximum atomic E-state index is 13.4. The Bertz CT molecular complexity index is 696. The minimum atomic E-state index is -4.87. The van der Waals surface area contributed by atoms with E-state index in [4.69, 9.17) is 18.0 Å². The molecule has 0 heterocycles. The molecule has 2 rings (SSSR count). The Kier molecular flexibility index (Phi) is 4.10. The molecular weight excluding hydrogens is 308 g/mol. The molecule has 108 valence electrons. The van der Waals surface area contributed by atoms with Crippen LogP contribution >= 0.6 is 11.6 Å². The van der Waals surface area contributed by atoms with Crippen molar-refractivity contribution in [2.24, 2.45) is 0 Å². The molecule has 1 nitrogen and oxygen atoms in total. The average Bonchev–Trinajstić information content (AvgIpc) is 2.36. The van der Waals surface area contributed by atoms with Crippen LogP contribution in [0.15, 0.2) is 36.4 Å². The summed E-state index contributed by atoms with van der Waals surface area (Å²) in [7, 11) is 0. The van der Waals surface area contributed by atoms with Crippen LogP contribution in [0.5, 0.6) is 5.75 Å². The van der Waals surface area contributed by atoms with Gasteiger partial charge in [0.25, 0.3) is 0 Å². The Morgan fingerprint density at radius 3 is 2.38 bits per heavy atom. The summed E-state index contributed by atoms with van der Waals surface area (Å²) in [6, 6.07) is 7.09. The quantitative estimate of drug-likeness (QED) is 0.558. The largest absolute Gasteiger partial charge is 0.573 e. The second-order valence-electron chi connectivity index (χ2n) is 4.06. The summed E-state index contributed by atoms with van der Waals surface area (Å²) >= 11 is 5.72. The molecule has 0 saturated heterocycles. The Balaban J connectivity index is 2.61. The summed E-state index contributed by atoms with van der Waals surface area (Å²) in [6.07, 6.45) is 0.349. The van der Waals surface area contributed by atoms with Crippen molar-refractivity contribution in [3.05, 3.63) is 52.8 Å². The predicted octanol–water partition coefficient (Wildman–Crippen LogP) is 5.03. The molecule has 21 heavy (non-hydrogen) atoms. The Morgan fingerprint density at radius 1 is 1.10 bits per heavy atom. The van der Waals surface area contributed by atoms with Crippen LogP contribution in [-0.2, 0) is 0 Å². The van der Waals surface area contributed by atoms with Crippen molar-refractivity contribution < 1.29 is 22.3 Å². The van der Waals surface area contributed by atoms with Crippen LogP contribution in [0.2, 0.25) is 5.02 Å². The molecule has 2 aromatic carbocycles. The molecule has 0 N–H and O–H groups in total. The molecule has 0 spiro atoms. The molecular formula is C15H7ClF4O. The smallest absolute Gasteiger partial charge is 0.405 e. The van der Waals surface area contributed by atoms with Gasteiger partial charge in [0.2, 0.25) is 0 Å². The number of halogens is 5. The van der Waals surface area contributed by atoms with Gasteiger partial charge < -0.3 is 4.74 Å². The summed E-state index contributed by atoms with van der Waals surface area (Å²) in [6.45, 7) is 0. The van der Waals surface area contributed by atoms with E-state index in [2.05, 4.69) is 10.7 Å². The molecule has 0 fully saturated rings. The number of terminal acetylenes is 1. The van der Waals surface area contributed by atoms with Crippen LogP contribution in [-0.4, -0.2) is 6.36 Å². The Hall–Kier alpha value is -2.19. The summed E-state index contributed by atoms with van der Waals surface area (Å²) in [5.74, 6) is 1.13. The van der Waals surface area contributed by atoms with Crippen molar-refractivity contribution in [1.82, 2.24) is 0 Å². The first-order chi connectivity index (χ1) is 9.78. The van der Waals surface area contributed by atoms with Gasteiger partial charge in [-0.05, 0) is 42.0 Å². The lowest BCUT2D eigenvalue weighted by Crippen LogP contribution is -2.17. The van der Waals surface area contributed by atoms with Gasteiger partial charge in [0.15, 0.2) is 0 Å². The zero-order valence-electron chi connectivity index (χ0n) is 10.3. The SMILES string of the molecule is C#Cc1ccc(OC(F)(F)F)c(-c2cc(F)cc(Cl)c2)c1. The normalized spacial score (nSPS) is 11.0. The first-order valence-corrected chi connectivity index (χ1v) is 5.99. The molecule has 0 aliphatic carbocycles. The van der Waals surface area contributed by atoms with E-state index in [0.717, 1.165) is 18.2 Å². The lowest BCUT2D eigenvalue weighted by Gasteiger charge is -2.14. The molecule has 0 amide bonds. The molecule has 0 saturated carbocycles. The standard InChI is InChI=1S/C15H7ClF4O/c1-2-9-3-4-14(21-15(18,19)20)13(5-9)10-6-11(16)8-12(17)7-10/h1,3-8H. The van der Waals surface area contributed by atoms with E-state index < -0.39 is 17.9 Å². The molecule has 2 aromatic rings. The van der Waals surface area contributed by atoms with Crippen molar-refractivity contribution in [3.63, 3.8) is 0 Å². The van der Waals surface area contributed by atoms with Crippen LogP contribution in [0, 0.1) is 18.2 Å².